The highest BCUT2D eigenvalue weighted by Gasteiger charge is 2.17. The van der Waals surface area contributed by atoms with E-state index in [-0.39, 0.29) is 0 Å². The molecule has 28 heavy (non-hydrogen) atoms. The molecule has 0 aliphatic heterocycles. The van der Waals surface area contributed by atoms with Gasteiger partial charge in [-0.15, -0.1) is 0 Å². The van der Waals surface area contributed by atoms with Crippen LogP contribution in [0.5, 0.6) is 5.75 Å². The van der Waals surface area contributed by atoms with Crippen LogP contribution in [0.3, 0.4) is 0 Å². The van der Waals surface area contributed by atoms with Gasteiger partial charge >= 0.3 is 0 Å². The standard InChI is InChI=1S/C20H15N5O3/c1-26-15-5-4-12(13-6-8-27-10-13)9-14(15)23-19-17-18(16-3-2-7-28-16)24-25-20(17)22-11-21-19/h2-11H,1H3,(H2,21,22,23,24,25). The summed E-state index contributed by atoms with van der Waals surface area (Å²) in [5.74, 6) is 1.93. The van der Waals surface area contributed by atoms with Crippen LogP contribution in [0, 0.1) is 0 Å². The fourth-order valence-electron chi connectivity index (χ4n) is 3.09. The predicted octanol–water partition coefficient (Wildman–Crippen LogP) is 4.63. The number of nitrogens with zero attached hydrogens (tertiary/aromatic N) is 3. The second kappa shape index (κ2) is 6.58. The quantitative estimate of drug-likeness (QED) is 0.463. The summed E-state index contributed by atoms with van der Waals surface area (Å²) in [6.07, 6.45) is 6.40. The van der Waals surface area contributed by atoms with Crippen LogP contribution in [0.2, 0.25) is 0 Å². The Bertz CT molecular complexity index is 1230. The van der Waals surface area contributed by atoms with Crippen molar-refractivity contribution in [3.8, 4) is 28.3 Å². The first-order chi connectivity index (χ1) is 13.8. The average Bonchev–Trinajstić information content (AvgIpc) is 3.49. The average molecular weight is 373 g/mol. The van der Waals surface area contributed by atoms with E-state index in [1.54, 1.807) is 25.9 Å². The van der Waals surface area contributed by atoms with Crippen LogP contribution in [0.4, 0.5) is 11.5 Å². The third kappa shape index (κ3) is 2.67. The lowest BCUT2D eigenvalue weighted by Gasteiger charge is -2.13. The molecule has 0 radical (unpaired) electrons. The molecule has 1 aromatic carbocycles. The highest BCUT2D eigenvalue weighted by atomic mass is 16.5. The Morgan fingerprint density at radius 1 is 1.07 bits per heavy atom. The summed E-state index contributed by atoms with van der Waals surface area (Å²) in [5.41, 5.74) is 3.95. The number of benzene rings is 1. The third-order valence-corrected chi connectivity index (χ3v) is 4.43. The molecule has 0 saturated carbocycles. The summed E-state index contributed by atoms with van der Waals surface area (Å²) in [6, 6.07) is 11.4. The molecule has 0 atom stereocenters. The van der Waals surface area contributed by atoms with Gasteiger partial charge in [0.1, 0.15) is 23.6 Å². The number of anilines is 2. The van der Waals surface area contributed by atoms with E-state index in [1.807, 2.05) is 36.4 Å². The van der Waals surface area contributed by atoms with Gasteiger partial charge in [0.2, 0.25) is 0 Å². The lowest BCUT2D eigenvalue weighted by Crippen LogP contribution is -1.99. The molecule has 0 amide bonds. The highest BCUT2D eigenvalue weighted by Crippen LogP contribution is 2.36. The van der Waals surface area contributed by atoms with Crippen molar-refractivity contribution >= 4 is 22.5 Å². The Balaban J connectivity index is 1.62. The molecular weight excluding hydrogens is 358 g/mol. The molecule has 4 aromatic heterocycles. The van der Waals surface area contributed by atoms with Crippen molar-refractivity contribution in [1.29, 1.82) is 0 Å². The summed E-state index contributed by atoms with van der Waals surface area (Å²) < 4.78 is 16.2. The molecule has 0 aliphatic rings. The van der Waals surface area contributed by atoms with Crippen LogP contribution in [-0.2, 0) is 0 Å². The molecule has 138 valence electrons. The van der Waals surface area contributed by atoms with Gasteiger partial charge in [-0.2, -0.15) is 5.10 Å². The number of fused-ring (bicyclic) bond motifs is 1. The highest BCUT2D eigenvalue weighted by molar-refractivity contribution is 5.99. The molecule has 5 rings (SSSR count). The maximum absolute atomic E-state index is 5.51. The SMILES string of the molecule is COc1ccc(-c2ccoc2)cc1Nc1ncnc2n[nH]c(-c3ccco3)c12. The molecule has 0 aliphatic carbocycles. The van der Waals surface area contributed by atoms with Crippen molar-refractivity contribution in [2.45, 2.75) is 0 Å². The Hall–Kier alpha value is -4.07. The van der Waals surface area contributed by atoms with Crippen LogP contribution in [0.1, 0.15) is 0 Å². The van der Waals surface area contributed by atoms with Gasteiger partial charge in [-0.05, 0) is 35.9 Å². The number of aromatic amines is 1. The summed E-state index contributed by atoms with van der Waals surface area (Å²) in [5, 5.41) is 11.3. The van der Waals surface area contributed by atoms with Gasteiger partial charge in [0, 0.05) is 5.56 Å². The minimum atomic E-state index is 0.536. The van der Waals surface area contributed by atoms with E-state index in [0.29, 0.717) is 28.7 Å². The van der Waals surface area contributed by atoms with Crippen LogP contribution in [0.25, 0.3) is 33.6 Å². The fourth-order valence-corrected chi connectivity index (χ4v) is 3.09. The van der Waals surface area contributed by atoms with E-state index in [9.17, 15) is 0 Å². The van der Waals surface area contributed by atoms with Gasteiger partial charge in [0.25, 0.3) is 0 Å². The first kappa shape index (κ1) is 16.1. The van der Waals surface area contributed by atoms with Crippen molar-refractivity contribution in [2.24, 2.45) is 0 Å². The van der Waals surface area contributed by atoms with Gasteiger partial charge < -0.3 is 18.9 Å². The Kier molecular flexibility index (Phi) is 3.79. The second-order valence-electron chi connectivity index (χ2n) is 6.05. The molecule has 4 heterocycles. The zero-order valence-electron chi connectivity index (χ0n) is 14.8. The summed E-state index contributed by atoms with van der Waals surface area (Å²) in [6.45, 7) is 0. The lowest BCUT2D eigenvalue weighted by molar-refractivity contribution is 0.417. The maximum Gasteiger partial charge on any atom is 0.186 e. The zero-order valence-corrected chi connectivity index (χ0v) is 14.8. The normalized spacial score (nSPS) is 11.0. The zero-order chi connectivity index (χ0) is 18.9. The maximum atomic E-state index is 5.51. The van der Waals surface area contributed by atoms with Gasteiger partial charge in [0.15, 0.2) is 11.4 Å². The number of methoxy groups -OCH3 is 1. The number of nitrogens with one attached hydrogen (secondary N) is 2. The van der Waals surface area contributed by atoms with Gasteiger partial charge in [0.05, 0.1) is 37.0 Å². The van der Waals surface area contributed by atoms with E-state index in [1.165, 1.54) is 6.33 Å². The Morgan fingerprint density at radius 2 is 2.04 bits per heavy atom. The molecule has 0 saturated heterocycles. The molecule has 8 heteroatoms. The molecule has 5 aromatic rings. The minimum absolute atomic E-state index is 0.536. The third-order valence-electron chi connectivity index (χ3n) is 4.43. The van der Waals surface area contributed by atoms with Gasteiger partial charge in [-0.3, -0.25) is 5.10 Å². The van der Waals surface area contributed by atoms with Crippen molar-refractivity contribution in [2.75, 3.05) is 12.4 Å². The van der Waals surface area contributed by atoms with Crippen molar-refractivity contribution in [3.63, 3.8) is 0 Å². The molecule has 2 N–H and O–H groups in total. The monoisotopic (exact) mass is 373 g/mol. The van der Waals surface area contributed by atoms with Crippen LogP contribution in [0.15, 0.2) is 70.3 Å². The van der Waals surface area contributed by atoms with E-state index >= 15 is 0 Å². The van der Waals surface area contributed by atoms with Crippen LogP contribution < -0.4 is 10.1 Å². The van der Waals surface area contributed by atoms with Crippen molar-refractivity contribution < 1.29 is 13.6 Å². The molecular formula is C20H15N5O3. The smallest absolute Gasteiger partial charge is 0.186 e. The molecule has 0 unspecified atom stereocenters. The number of H-pyrrole nitrogens is 1. The van der Waals surface area contributed by atoms with Crippen molar-refractivity contribution in [1.82, 2.24) is 20.2 Å². The lowest BCUT2D eigenvalue weighted by atomic mass is 10.1. The topological polar surface area (TPSA) is 102 Å². The largest absolute Gasteiger partial charge is 0.495 e. The van der Waals surface area contributed by atoms with E-state index in [2.05, 4.69) is 25.5 Å². The van der Waals surface area contributed by atoms with E-state index < -0.39 is 0 Å². The molecule has 0 spiro atoms. The number of rotatable bonds is 5. The molecule has 8 nitrogen and oxygen atoms in total. The Labute approximate surface area is 159 Å². The van der Waals surface area contributed by atoms with Crippen LogP contribution in [-0.4, -0.2) is 27.3 Å². The first-order valence-corrected chi connectivity index (χ1v) is 8.54. The molecule has 0 fully saturated rings. The fraction of sp³-hybridized carbons (Fsp3) is 0.0500. The molecule has 0 bridgehead atoms. The number of aromatic nitrogens is 4. The summed E-state index contributed by atoms with van der Waals surface area (Å²) >= 11 is 0. The van der Waals surface area contributed by atoms with Crippen molar-refractivity contribution in [3.05, 3.63) is 61.5 Å². The number of furan rings is 2. The Morgan fingerprint density at radius 3 is 2.82 bits per heavy atom. The summed E-state index contributed by atoms with van der Waals surface area (Å²) in [4.78, 5) is 8.65. The first-order valence-electron chi connectivity index (χ1n) is 8.54. The minimum Gasteiger partial charge on any atom is -0.495 e. The van der Waals surface area contributed by atoms with E-state index in [0.717, 1.165) is 22.2 Å². The van der Waals surface area contributed by atoms with Gasteiger partial charge in [-0.25, -0.2) is 9.97 Å². The van der Waals surface area contributed by atoms with Gasteiger partial charge in [-0.1, -0.05) is 6.07 Å². The second-order valence-corrected chi connectivity index (χ2v) is 6.05. The number of hydrogen-bond donors (Lipinski definition) is 2. The summed E-state index contributed by atoms with van der Waals surface area (Å²) in [7, 11) is 1.62. The van der Waals surface area contributed by atoms with E-state index in [4.69, 9.17) is 13.6 Å². The predicted molar refractivity (Wildman–Crippen MR) is 103 cm³/mol. The van der Waals surface area contributed by atoms with Crippen LogP contribution >= 0.6 is 0 Å². The number of ether oxygens (including phenoxy) is 1. The number of hydrogen-bond acceptors (Lipinski definition) is 7.